The Balaban J connectivity index is 1.45. The lowest BCUT2D eigenvalue weighted by Crippen LogP contribution is -2.38. The molecule has 0 saturated heterocycles. The van der Waals surface area contributed by atoms with E-state index in [0.717, 1.165) is 17.9 Å². The standard InChI is InChI=1S/C18H24N2O3/c1-13(18(21)19-10-9-14-5-3-2-4-6-14)20-15-7-8-16-17(11-15)23-12-22-16/h5,7-8,11,13,20H,2-4,6,9-10,12H2,1H3,(H,19,21)/t13-/m0/s1. The topological polar surface area (TPSA) is 59.6 Å². The molecular formula is C18H24N2O3. The third-order valence-electron chi connectivity index (χ3n) is 4.28. The number of hydrogen-bond acceptors (Lipinski definition) is 4. The summed E-state index contributed by atoms with van der Waals surface area (Å²) in [4.78, 5) is 12.2. The SMILES string of the molecule is C[C@H](Nc1ccc2c(c1)OCO2)C(=O)NCCC1=CCCCC1. The number of carbonyl (C=O) groups excluding carboxylic acids is 1. The normalized spacial score (nSPS) is 17.3. The smallest absolute Gasteiger partial charge is 0.242 e. The number of nitrogens with one attached hydrogen (secondary N) is 2. The highest BCUT2D eigenvalue weighted by molar-refractivity contribution is 5.84. The van der Waals surface area contributed by atoms with Crippen molar-refractivity contribution in [2.75, 3.05) is 18.7 Å². The van der Waals surface area contributed by atoms with Gasteiger partial charge >= 0.3 is 0 Å². The van der Waals surface area contributed by atoms with E-state index in [-0.39, 0.29) is 18.7 Å². The molecule has 1 aliphatic carbocycles. The summed E-state index contributed by atoms with van der Waals surface area (Å²) in [6.45, 7) is 2.82. The van der Waals surface area contributed by atoms with Crippen LogP contribution in [0.3, 0.4) is 0 Å². The van der Waals surface area contributed by atoms with Crippen LogP contribution in [0.1, 0.15) is 39.0 Å². The fraction of sp³-hybridized carbons (Fsp3) is 0.500. The lowest BCUT2D eigenvalue weighted by Gasteiger charge is -2.17. The molecule has 0 saturated carbocycles. The molecule has 0 bridgehead atoms. The van der Waals surface area contributed by atoms with Crippen LogP contribution in [0.15, 0.2) is 29.8 Å². The highest BCUT2D eigenvalue weighted by Crippen LogP contribution is 2.34. The molecule has 0 spiro atoms. The second kappa shape index (κ2) is 7.40. The molecule has 1 aromatic carbocycles. The zero-order chi connectivity index (χ0) is 16.1. The number of ether oxygens (including phenoxy) is 2. The zero-order valence-corrected chi connectivity index (χ0v) is 13.6. The Morgan fingerprint density at radius 3 is 2.96 bits per heavy atom. The van der Waals surface area contributed by atoms with E-state index in [1.165, 1.54) is 31.3 Å². The highest BCUT2D eigenvalue weighted by atomic mass is 16.7. The van der Waals surface area contributed by atoms with Crippen LogP contribution in [-0.4, -0.2) is 25.3 Å². The van der Waals surface area contributed by atoms with Gasteiger partial charge < -0.3 is 20.1 Å². The predicted octanol–water partition coefficient (Wildman–Crippen LogP) is 3.22. The van der Waals surface area contributed by atoms with Crippen molar-refractivity contribution in [3.63, 3.8) is 0 Å². The Bertz CT molecular complexity index is 598. The van der Waals surface area contributed by atoms with Gasteiger partial charge in [-0.3, -0.25) is 4.79 Å². The van der Waals surface area contributed by atoms with E-state index < -0.39 is 0 Å². The number of benzene rings is 1. The van der Waals surface area contributed by atoms with Crippen molar-refractivity contribution in [2.24, 2.45) is 0 Å². The maximum Gasteiger partial charge on any atom is 0.242 e. The zero-order valence-electron chi connectivity index (χ0n) is 13.6. The summed E-state index contributed by atoms with van der Waals surface area (Å²) in [7, 11) is 0. The summed E-state index contributed by atoms with van der Waals surface area (Å²) in [5.41, 5.74) is 2.33. The van der Waals surface area contributed by atoms with Crippen molar-refractivity contribution < 1.29 is 14.3 Å². The maximum atomic E-state index is 12.2. The third kappa shape index (κ3) is 4.18. The van der Waals surface area contributed by atoms with Crippen molar-refractivity contribution in [3.05, 3.63) is 29.8 Å². The van der Waals surface area contributed by atoms with E-state index in [9.17, 15) is 4.79 Å². The predicted molar refractivity (Wildman–Crippen MR) is 89.8 cm³/mol. The summed E-state index contributed by atoms with van der Waals surface area (Å²) in [5, 5.41) is 6.20. The summed E-state index contributed by atoms with van der Waals surface area (Å²) in [5.74, 6) is 1.47. The minimum Gasteiger partial charge on any atom is -0.454 e. The fourth-order valence-electron chi connectivity index (χ4n) is 2.93. The molecule has 124 valence electrons. The van der Waals surface area contributed by atoms with E-state index in [0.29, 0.717) is 12.3 Å². The van der Waals surface area contributed by atoms with Crippen LogP contribution in [0.5, 0.6) is 11.5 Å². The molecule has 1 aliphatic heterocycles. The minimum atomic E-state index is -0.296. The molecule has 1 atom stereocenters. The average Bonchev–Trinajstić information content (AvgIpc) is 3.03. The quantitative estimate of drug-likeness (QED) is 0.791. The first-order valence-electron chi connectivity index (χ1n) is 8.34. The number of rotatable bonds is 6. The van der Waals surface area contributed by atoms with Gasteiger partial charge in [-0.1, -0.05) is 11.6 Å². The van der Waals surface area contributed by atoms with Crippen LogP contribution in [0.4, 0.5) is 5.69 Å². The maximum absolute atomic E-state index is 12.2. The largest absolute Gasteiger partial charge is 0.454 e. The van der Waals surface area contributed by atoms with Gasteiger partial charge in [-0.05, 0) is 51.2 Å². The molecule has 0 aromatic heterocycles. The molecule has 2 aliphatic rings. The van der Waals surface area contributed by atoms with Crippen LogP contribution in [0.25, 0.3) is 0 Å². The molecule has 2 N–H and O–H groups in total. The molecule has 23 heavy (non-hydrogen) atoms. The van der Waals surface area contributed by atoms with Gasteiger partial charge in [0.25, 0.3) is 0 Å². The number of amides is 1. The first-order chi connectivity index (χ1) is 11.2. The number of allylic oxidation sites excluding steroid dienone is 1. The Labute approximate surface area is 137 Å². The van der Waals surface area contributed by atoms with Crippen molar-refractivity contribution in [1.82, 2.24) is 5.32 Å². The van der Waals surface area contributed by atoms with Gasteiger partial charge in [0, 0.05) is 18.3 Å². The fourth-order valence-corrected chi connectivity index (χ4v) is 2.93. The van der Waals surface area contributed by atoms with Gasteiger partial charge in [0.05, 0.1) is 0 Å². The molecular weight excluding hydrogens is 292 g/mol. The molecule has 1 aromatic rings. The van der Waals surface area contributed by atoms with Gasteiger partial charge in [0.2, 0.25) is 12.7 Å². The van der Waals surface area contributed by atoms with E-state index in [1.54, 1.807) is 0 Å². The molecule has 5 nitrogen and oxygen atoms in total. The molecule has 0 radical (unpaired) electrons. The summed E-state index contributed by atoms with van der Waals surface area (Å²) in [6, 6.07) is 5.31. The number of anilines is 1. The average molecular weight is 316 g/mol. The van der Waals surface area contributed by atoms with Gasteiger partial charge in [0.15, 0.2) is 11.5 Å². The molecule has 5 heteroatoms. The first kappa shape index (κ1) is 15.7. The van der Waals surface area contributed by atoms with E-state index >= 15 is 0 Å². The van der Waals surface area contributed by atoms with Gasteiger partial charge in [-0.25, -0.2) is 0 Å². The lowest BCUT2D eigenvalue weighted by molar-refractivity contribution is -0.121. The molecule has 0 fully saturated rings. The highest BCUT2D eigenvalue weighted by Gasteiger charge is 2.16. The first-order valence-corrected chi connectivity index (χ1v) is 8.34. The lowest BCUT2D eigenvalue weighted by atomic mass is 9.97. The Kier molecular flexibility index (Phi) is 5.05. The van der Waals surface area contributed by atoms with Gasteiger partial charge in [-0.2, -0.15) is 0 Å². The van der Waals surface area contributed by atoms with Gasteiger partial charge in [0.1, 0.15) is 6.04 Å². The number of hydrogen-bond donors (Lipinski definition) is 2. The van der Waals surface area contributed by atoms with Gasteiger partial charge in [-0.15, -0.1) is 0 Å². The van der Waals surface area contributed by atoms with Crippen LogP contribution in [0, 0.1) is 0 Å². The third-order valence-corrected chi connectivity index (χ3v) is 4.28. The Hall–Kier alpha value is -2.17. The second-order valence-electron chi connectivity index (χ2n) is 6.08. The van der Waals surface area contributed by atoms with E-state index in [1.807, 2.05) is 25.1 Å². The van der Waals surface area contributed by atoms with E-state index in [2.05, 4.69) is 16.7 Å². The summed E-state index contributed by atoms with van der Waals surface area (Å²) >= 11 is 0. The van der Waals surface area contributed by atoms with Crippen LogP contribution >= 0.6 is 0 Å². The van der Waals surface area contributed by atoms with Crippen LogP contribution < -0.4 is 20.1 Å². The molecule has 3 rings (SSSR count). The minimum absolute atomic E-state index is 0.0130. The van der Waals surface area contributed by atoms with Crippen molar-refractivity contribution in [2.45, 2.75) is 45.1 Å². The van der Waals surface area contributed by atoms with Crippen LogP contribution in [0.2, 0.25) is 0 Å². The number of carbonyl (C=O) groups is 1. The molecule has 0 unspecified atom stereocenters. The van der Waals surface area contributed by atoms with Crippen LogP contribution in [-0.2, 0) is 4.79 Å². The Morgan fingerprint density at radius 1 is 1.26 bits per heavy atom. The Morgan fingerprint density at radius 2 is 2.13 bits per heavy atom. The second-order valence-corrected chi connectivity index (χ2v) is 6.08. The van der Waals surface area contributed by atoms with Crippen molar-refractivity contribution in [3.8, 4) is 11.5 Å². The van der Waals surface area contributed by atoms with E-state index in [4.69, 9.17) is 9.47 Å². The summed E-state index contributed by atoms with van der Waals surface area (Å²) in [6.07, 6.45) is 8.23. The van der Waals surface area contributed by atoms with Crippen molar-refractivity contribution >= 4 is 11.6 Å². The summed E-state index contributed by atoms with van der Waals surface area (Å²) < 4.78 is 10.6. The number of fused-ring (bicyclic) bond motifs is 1. The monoisotopic (exact) mass is 316 g/mol. The molecule has 1 heterocycles. The molecule has 1 amide bonds. The van der Waals surface area contributed by atoms with Crippen molar-refractivity contribution in [1.29, 1.82) is 0 Å².